The molecule has 0 spiro atoms. The van der Waals surface area contributed by atoms with E-state index in [4.69, 9.17) is 10.00 Å². The Morgan fingerprint density at radius 3 is 2.71 bits per heavy atom. The Hall–Kier alpha value is -4.29. The number of carbonyl (C=O) groups is 1. The van der Waals surface area contributed by atoms with Crippen LogP contribution < -0.4 is 15.4 Å². The van der Waals surface area contributed by atoms with Crippen molar-refractivity contribution in [1.82, 2.24) is 14.3 Å². The predicted molar refractivity (Wildman–Crippen MR) is 118 cm³/mol. The molecule has 0 aliphatic carbocycles. The minimum atomic E-state index is -0.330. The van der Waals surface area contributed by atoms with Crippen LogP contribution in [0.5, 0.6) is 11.6 Å². The van der Waals surface area contributed by atoms with Gasteiger partial charge in [-0.1, -0.05) is 18.2 Å². The molecule has 3 aromatic heterocycles. The summed E-state index contributed by atoms with van der Waals surface area (Å²) in [6.07, 6.45) is 3.05. The van der Waals surface area contributed by atoms with Gasteiger partial charge in [0.15, 0.2) is 0 Å². The van der Waals surface area contributed by atoms with Crippen molar-refractivity contribution < 1.29 is 9.53 Å². The average molecular weight is 428 g/mol. The Morgan fingerprint density at radius 1 is 1.13 bits per heavy atom. The van der Waals surface area contributed by atoms with Gasteiger partial charge < -0.3 is 15.4 Å². The van der Waals surface area contributed by atoms with Crippen LogP contribution in [0.15, 0.2) is 67.0 Å². The zero-order valence-corrected chi connectivity index (χ0v) is 17.2. The molecule has 0 saturated carbocycles. The standard InChI is InChI=1S/C22H16N6O2S/c1-14-20(22(31-28-14)27-18-11-15(12-23)9-10-24-18)21(29)26-16-7-8-19(25-13-16)30-17-5-3-2-4-6-17/h2-11,13H,1H3,(H,24,27)(H,26,29). The molecular weight excluding hydrogens is 412 g/mol. The lowest BCUT2D eigenvalue weighted by Gasteiger charge is -2.09. The molecule has 0 bridgehead atoms. The molecular formula is C22H16N6O2S. The van der Waals surface area contributed by atoms with Gasteiger partial charge in [0.2, 0.25) is 5.88 Å². The second kappa shape index (κ2) is 9.02. The summed E-state index contributed by atoms with van der Waals surface area (Å²) in [6, 6.07) is 18.0. The number of amides is 1. The lowest BCUT2D eigenvalue weighted by molar-refractivity contribution is 0.102. The maximum Gasteiger partial charge on any atom is 0.260 e. The molecule has 4 rings (SSSR count). The fourth-order valence-corrected chi connectivity index (χ4v) is 3.53. The average Bonchev–Trinajstić information content (AvgIpc) is 3.16. The van der Waals surface area contributed by atoms with Gasteiger partial charge in [-0.2, -0.15) is 9.64 Å². The normalized spacial score (nSPS) is 10.2. The van der Waals surface area contributed by atoms with Crippen molar-refractivity contribution >= 4 is 33.9 Å². The van der Waals surface area contributed by atoms with E-state index >= 15 is 0 Å². The van der Waals surface area contributed by atoms with E-state index in [1.165, 1.54) is 12.4 Å². The number of nitrogens with one attached hydrogen (secondary N) is 2. The number of aromatic nitrogens is 3. The first kappa shape index (κ1) is 20.0. The van der Waals surface area contributed by atoms with Crippen LogP contribution in [-0.2, 0) is 0 Å². The van der Waals surface area contributed by atoms with E-state index < -0.39 is 0 Å². The highest BCUT2D eigenvalue weighted by atomic mass is 32.1. The third-order valence-electron chi connectivity index (χ3n) is 4.18. The second-order valence-corrected chi connectivity index (χ2v) is 7.17. The zero-order valence-electron chi connectivity index (χ0n) is 16.4. The highest BCUT2D eigenvalue weighted by Crippen LogP contribution is 2.28. The van der Waals surface area contributed by atoms with Gasteiger partial charge in [-0.15, -0.1) is 0 Å². The molecule has 0 atom stereocenters. The second-order valence-electron chi connectivity index (χ2n) is 6.39. The van der Waals surface area contributed by atoms with E-state index in [-0.39, 0.29) is 5.91 Å². The molecule has 1 aromatic carbocycles. The Labute approximate surface area is 182 Å². The minimum Gasteiger partial charge on any atom is -0.439 e. The molecule has 1 amide bonds. The summed E-state index contributed by atoms with van der Waals surface area (Å²) >= 11 is 1.15. The summed E-state index contributed by atoms with van der Waals surface area (Å²) in [5.41, 5.74) is 1.97. The largest absolute Gasteiger partial charge is 0.439 e. The molecule has 2 N–H and O–H groups in total. The maximum atomic E-state index is 12.9. The molecule has 9 heteroatoms. The lowest BCUT2D eigenvalue weighted by Crippen LogP contribution is -2.14. The highest BCUT2D eigenvalue weighted by molar-refractivity contribution is 7.10. The first-order chi connectivity index (χ1) is 15.1. The fraction of sp³-hybridized carbons (Fsp3) is 0.0455. The molecule has 0 aliphatic heterocycles. The van der Waals surface area contributed by atoms with Gasteiger partial charge in [0.05, 0.1) is 34.8 Å². The third kappa shape index (κ3) is 4.83. The molecule has 152 valence electrons. The number of aryl methyl sites for hydroxylation is 1. The summed E-state index contributed by atoms with van der Waals surface area (Å²) in [4.78, 5) is 21.3. The molecule has 0 fully saturated rings. The SMILES string of the molecule is Cc1nsc(Nc2cc(C#N)ccn2)c1C(=O)Nc1ccc(Oc2ccccc2)nc1. The van der Waals surface area contributed by atoms with Crippen molar-refractivity contribution in [3.05, 3.63) is 83.8 Å². The number of para-hydroxylation sites is 1. The Bertz CT molecular complexity index is 1250. The van der Waals surface area contributed by atoms with E-state index in [0.717, 1.165) is 11.5 Å². The van der Waals surface area contributed by atoms with Crippen LogP contribution in [0, 0.1) is 18.3 Å². The van der Waals surface area contributed by atoms with Crippen LogP contribution in [0.1, 0.15) is 21.6 Å². The molecule has 8 nitrogen and oxygen atoms in total. The van der Waals surface area contributed by atoms with Gasteiger partial charge in [-0.25, -0.2) is 9.97 Å². The van der Waals surface area contributed by atoms with Gasteiger partial charge in [0.1, 0.15) is 16.6 Å². The molecule has 0 unspecified atom stereocenters. The maximum absolute atomic E-state index is 12.9. The molecule has 0 aliphatic rings. The summed E-state index contributed by atoms with van der Waals surface area (Å²) in [5.74, 6) is 1.23. The number of hydrogen-bond acceptors (Lipinski definition) is 8. The predicted octanol–water partition coefficient (Wildman–Crippen LogP) is 4.90. The number of hydrogen-bond donors (Lipinski definition) is 2. The van der Waals surface area contributed by atoms with Crippen LogP contribution in [0.4, 0.5) is 16.5 Å². The van der Waals surface area contributed by atoms with Crippen molar-refractivity contribution in [2.24, 2.45) is 0 Å². The number of nitriles is 1. The quantitative estimate of drug-likeness (QED) is 0.449. The van der Waals surface area contributed by atoms with Crippen LogP contribution in [0.25, 0.3) is 0 Å². The van der Waals surface area contributed by atoms with Gasteiger partial charge in [0.25, 0.3) is 5.91 Å². The summed E-state index contributed by atoms with van der Waals surface area (Å²) in [7, 11) is 0. The topological polar surface area (TPSA) is 113 Å². The minimum absolute atomic E-state index is 0.330. The Kier molecular flexibility index (Phi) is 5.82. The molecule has 31 heavy (non-hydrogen) atoms. The molecule has 4 aromatic rings. The van der Waals surface area contributed by atoms with E-state index in [0.29, 0.717) is 45.0 Å². The van der Waals surface area contributed by atoms with E-state index in [1.54, 1.807) is 31.2 Å². The van der Waals surface area contributed by atoms with Crippen molar-refractivity contribution in [1.29, 1.82) is 5.26 Å². The highest BCUT2D eigenvalue weighted by Gasteiger charge is 2.19. The first-order valence-electron chi connectivity index (χ1n) is 9.22. The number of anilines is 3. The monoisotopic (exact) mass is 428 g/mol. The number of benzene rings is 1. The van der Waals surface area contributed by atoms with Gasteiger partial charge in [0, 0.05) is 12.3 Å². The number of carbonyl (C=O) groups excluding carboxylic acids is 1. The smallest absolute Gasteiger partial charge is 0.260 e. The number of ether oxygens (including phenoxy) is 1. The fourth-order valence-electron chi connectivity index (χ4n) is 2.72. The van der Waals surface area contributed by atoms with E-state index in [9.17, 15) is 4.79 Å². The zero-order chi connectivity index (χ0) is 21.6. The molecule has 0 saturated heterocycles. The van der Waals surface area contributed by atoms with Crippen LogP contribution in [0.3, 0.4) is 0 Å². The lowest BCUT2D eigenvalue weighted by atomic mass is 10.2. The number of rotatable bonds is 6. The number of nitrogens with zero attached hydrogens (tertiary/aromatic N) is 4. The van der Waals surface area contributed by atoms with Gasteiger partial charge in [-0.3, -0.25) is 4.79 Å². The van der Waals surface area contributed by atoms with Gasteiger partial charge >= 0.3 is 0 Å². The van der Waals surface area contributed by atoms with E-state index in [1.807, 2.05) is 30.3 Å². The summed E-state index contributed by atoms with van der Waals surface area (Å²) in [5, 5.41) is 15.5. The first-order valence-corrected chi connectivity index (χ1v) is 9.99. The third-order valence-corrected chi connectivity index (χ3v) is 5.03. The summed E-state index contributed by atoms with van der Waals surface area (Å²) in [6.45, 7) is 1.75. The van der Waals surface area contributed by atoms with Crippen LogP contribution in [0.2, 0.25) is 0 Å². The van der Waals surface area contributed by atoms with Crippen molar-refractivity contribution in [3.63, 3.8) is 0 Å². The van der Waals surface area contributed by atoms with Crippen LogP contribution >= 0.6 is 11.5 Å². The van der Waals surface area contributed by atoms with Crippen molar-refractivity contribution in [2.45, 2.75) is 6.92 Å². The number of pyridine rings is 2. The molecule has 0 radical (unpaired) electrons. The van der Waals surface area contributed by atoms with Crippen LogP contribution in [-0.4, -0.2) is 20.2 Å². The summed E-state index contributed by atoms with van der Waals surface area (Å²) < 4.78 is 9.93. The van der Waals surface area contributed by atoms with Crippen molar-refractivity contribution in [2.75, 3.05) is 10.6 Å². The van der Waals surface area contributed by atoms with Crippen molar-refractivity contribution in [3.8, 4) is 17.7 Å². The molecule has 3 heterocycles. The van der Waals surface area contributed by atoms with Gasteiger partial charge in [-0.05, 0) is 48.8 Å². The van der Waals surface area contributed by atoms with E-state index in [2.05, 4.69) is 31.0 Å². The Balaban J connectivity index is 1.47. The Morgan fingerprint density at radius 2 is 1.97 bits per heavy atom.